The molecule has 2 amide bonds. The third-order valence-corrected chi connectivity index (χ3v) is 8.24. The number of nitrogens with zero attached hydrogens (tertiary/aromatic N) is 3. The van der Waals surface area contributed by atoms with E-state index in [2.05, 4.69) is 0 Å². The van der Waals surface area contributed by atoms with E-state index in [1.807, 2.05) is 0 Å². The molecule has 0 aliphatic carbocycles. The summed E-state index contributed by atoms with van der Waals surface area (Å²) in [5, 5.41) is 11.2. The predicted octanol–water partition coefficient (Wildman–Crippen LogP) is 5.54. The maximum atomic E-state index is 14.0. The standard InChI is InChI=1S/C31H22ClN3O7/c1-33-21-9-5-3-7-18(21)28(36)26(30(33)38)25(27-29(37)19-8-4-6-10-22(19)34(2)31(27)39)24-14-13-23(42-24)17-12-11-16(35(40)41)15-20(17)32/h3-15,25-27H,1-2H3/t25?,26-,27+. The molecule has 2 aliphatic rings. The molecule has 6 rings (SSSR count). The third-order valence-electron chi connectivity index (χ3n) is 7.92. The highest BCUT2D eigenvalue weighted by Crippen LogP contribution is 2.46. The number of benzene rings is 3. The molecule has 0 N–H and O–H groups in total. The summed E-state index contributed by atoms with van der Waals surface area (Å²) < 4.78 is 6.16. The van der Waals surface area contributed by atoms with Crippen molar-refractivity contribution in [2.75, 3.05) is 23.9 Å². The lowest BCUT2D eigenvalue weighted by molar-refractivity contribution is -0.384. The number of amides is 2. The van der Waals surface area contributed by atoms with Crippen LogP contribution >= 0.6 is 11.6 Å². The second-order valence-corrected chi connectivity index (χ2v) is 10.6. The van der Waals surface area contributed by atoms with Crippen LogP contribution in [0.3, 0.4) is 0 Å². The molecule has 2 aliphatic heterocycles. The summed E-state index contributed by atoms with van der Waals surface area (Å²) in [6, 6.07) is 20.2. The first-order valence-electron chi connectivity index (χ1n) is 13.0. The van der Waals surface area contributed by atoms with Gasteiger partial charge in [0, 0.05) is 42.9 Å². The Hall–Kier alpha value is -5.09. The van der Waals surface area contributed by atoms with Crippen molar-refractivity contribution in [3.05, 3.63) is 111 Å². The van der Waals surface area contributed by atoms with Crippen LogP contribution in [0.25, 0.3) is 11.3 Å². The summed E-state index contributed by atoms with van der Waals surface area (Å²) in [5.41, 5.74) is 1.51. The van der Waals surface area contributed by atoms with Crippen LogP contribution in [0.2, 0.25) is 5.02 Å². The first kappa shape index (κ1) is 27.1. The summed E-state index contributed by atoms with van der Waals surface area (Å²) >= 11 is 6.34. The van der Waals surface area contributed by atoms with E-state index >= 15 is 0 Å². The molecule has 0 bridgehead atoms. The van der Waals surface area contributed by atoms with Gasteiger partial charge in [0.25, 0.3) is 5.69 Å². The van der Waals surface area contributed by atoms with Gasteiger partial charge in [0.05, 0.1) is 27.2 Å². The molecule has 0 fully saturated rings. The quantitative estimate of drug-likeness (QED) is 0.171. The Morgan fingerprint density at radius 1 is 0.762 bits per heavy atom. The zero-order valence-corrected chi connectivity index (χ0v) is 23.1. The molecule has 11 heteroatoms. The van der Waals surface area contributed by atoms with E-state index in [0.29, 0.717) is 16.9 Å². The number of hydrogen-bond donors (Lipinski definition) is 0. The number of nitro groups is 1. The SMILES string of the molecule is CN1C(=O)[C@H](C(c2ccc(-c3ccc([N+](=O)[O-])cc3Cl)o2)[C@H]2C(=O)c3ccccc3N(C)C2=O)C(=O)c2ccccc21. The predicted molar refractivity (Wildman–Crippen MR) is 154 cm³/mol. The van der Waals surface area contributed by atoms with Gasteiger partial charge in [0.15, 0.2) is 11.6 Å². The lowest BCUT2D eigenvalue weighted by atomic mass is 9.70. The zero-order chi connectivity index (χ0) is 29.9. The van der Waals surface area contributed by atoms with Crippen molar-refractivity contribution in [1.29, 1.82) is 0 Å². The maximum Gasteiger partial charge on any atom is 0.270 e. The molecule has 4 aromatic rings. The normalized spacial score (nSPS) is 19.0. The number of anilines is 2. The fourth-order valence-corrected chi connectivity index (χ4v) is 6.08. The molecule has 3 atom stereocenters. The Morgan fingerprint density at radius 2 is 1.29 bits per heavy atom. The number of rotatable bonds is 5. The first-order valence-corrected chi connectivity index (χ1v) is 13.3. The van der Waals surface area contributed by atoms with Gasteiger partial charge in [-0.25, -0.2) is 0 Å². The molecule has 0 radical (unpaired) electrons. The smallest absolute Gasteiger partial charge is 0.270 e. The monoisotopic (exact) mass is 583 g/mol. The van der Waals surface area contributed by atoms with E-state index in [-0.39, 0.29) is 33.4 Å². The van der Waals surface area contributed by atoms with Gasteiger partial charge in [-0.1, -0.05) is 35.9 Å². The number of halogens is 1. The van der Waals surface area contributed by atoms with Crippen LogP contribution in [-0.2, 0) is 9.59 Å². The molecule has 210 valence electrons. The Morgan fingerprint density at radius 3 is 1.79 bits per heavy atom. The Bertz CT molecular complexity index is 1750. The molecule has 3 heterocycles. The zero-order valence-electron chi connectivity index (χ0n) is 22.3. The van der Waals surface area contributed by atoms with E-state index in [4.69, 9.17) is 16.0 Å². The minimum absolute atomic E-state index is 0.0404. The summed E-state index contributed by atoms with van der Waals surface area (Å²) in [7, 11) is 3.07. The average Bonchev–Trinajstić information content (AvgIpc) is 3.47. The Balaban J connectivity index is 1.53. The van der Waals surface area contributed by atoms with Gasteiger partial charge in [0.2, 0.25) is 11.8 Å². The molecular formula is C31H22ClN3O7. The van der Waals surface area contributed by atoms with Crippen LogP contribution in [0.15, 0.2) is 83.3 Å². The van der Waals surface area contributed by atoms with Crippen LogP contribution in [0.5, 0.6) is 0 Å². The fraction of sp³-hybridized carbons (Fsp3) is 0.161. The number of non-ortho nitro benzene ring substituents is 1. The summed E-state index contributed by atoms with van der Waals surface area (Å²) in [6.07, 6.45) is 0. The maximum absolute atomic E-state index is 14.0. The minimum atomic E-state index is -1.45. The van der Waals surface area contributed by atoms with Crippen molar-refractivity contribution >= 4 is 52.0 Å². The number of hydrogen-bond acceptors (Lipinski definition) is 7. The van der Waals surface area contributed by atoms with Gasteiger partial charge in [-0.2, -0.15) is 0 Å². The third kappa shape index (κ3) is 4.10. The van der Waals surface area contributed by atoms with Crippen molar-refractivity contribution < 1.29 is 28.5 Å². The average molecular weight is 584 g/mol. The number of carbonyl (C=O) groups excluding carboxylic acids is 4. The van der Waals surface area contributed by atoms with Crippen LogP contribution < -0.4 is 9.80 Å². The van der Waals surface area contributed by atoms with Gasteiger partial charge in [-0.15, -0.1) is 0 Å². The van der Waals surface area contributed by atoms with Crippen molar-refractivity contribution in [3.63, 3.8) is 0 Å². The lowest BCUT2D eigenvalue weighted by Crippen LogP contribution is -2.52. The van der Waals surface area contributed by atoms with Crippen molar-refractivity contribution in [2.24, 2.45) is 11.8 Å². The van der Waals surface area contributed by atoms with Crippen molar-refractivity contribution in [2.45, 2.75) is 5.92 Å². The van der Waals surface area contributed by atoms with Crippen LogP contribution in [0.4, 0.5) is 17.1 Å². The van der Waals surface area contributed by atoms with Crippen LogP contribution in [-0.4, -0.2) is 42.4 Å². The number of nitro benzene ring substituents is 1. The summed E-state index contributed by atoms with van der Waals surface area (Å²) in [6.45, 7) is 0. The Labute approximate surface area is 244 Å². The van der Waals surface area contributed by atoms with Gasteiger partial charge in [0.1, 0.15) is 23.4 Å². The summed E-state index contributed by atoms with van der Waals surface area (Å²) in [4.78, 5) is 69.0. The van der Waals surface area contributed by atoms with E-state index in [9.17, 15) is 29.3 Å². The van der Waals surface area contributed by atoms with E-state index in [1.165, 1.54) is 54.2 Å². The molecule has 42 heavy (non-hydrogen) atoms. The first-order chi connectivity index (χ1) is 20.1. The van der Waals surface area contributed by atoms with E-state index in [0.717, 1.165) is 0 Å². The van der Waals surface area contributed by atoms with Crippen molar-refractivity contribution in [1.82, 2.24) is 0 Å². The summed E-state index contributed by atoms with van der Waals surface area (Å²) in [5.74, 6) is -6.21. The number of carbonyl (C=O) groups is 4. The molecular weight excluding hydrogens is 562 g/mol. The van der Waals surface area contributed by atoms with E-state index < -0.39 is 46.1 Å². The molecule has 1 unspecified atom stereocenters. The van der Waals surface area contributed by atoms with Crippen molar-refractivity contribution in [3.8, 4) is 11.3 Å². The minimum Gasteiger partial charge on any atom is -0.461 e. The Kier molecular flexibility index (Phi) is 6.50. The highest BCUT2D eigenvalue weighted by Gasteiger charge is 2.53. The second kappa shape index (κ2) is 10.1. The molecule has 0 saturated heterocycles. The number of fused-ring (bicyclic) bond motifs is 2. The highest BCUT2D eigenvalue weighted by atomic mass is 35.5. The van der Waals surface area contributed by atoms with Gasteiger partial charge < -0.3 is 14.2 Å². The molecule has 0 spiro atoms. The lowest BCUT2D eigenvalue weighted by Gasteiger charge is -2.39. The van der Waals surface area contributed by atoms with Crippen LogP contribution in [0, 0.1) is 22.0 Å². The van der Waals surface area contributed by atoms with E-state index in [1.54, 1.807) is 48.5 Å². The van der Waals surface area contributed by atoms with Crippen LogP contribution in [0.1, 0.15) is 32.4 Å². The largest absolute Gasteiger partial charge is 0.461 e. The number of furan rings is 1. The molecule has 1 aromatic heterocycles. The topological polar surface area (TPSA) is 131 Å². The van der Waals surface area contributed by atoms with Gasteiger partial charge >= 0.3 is 0 Å². The second-order valence-electron chi connectivity index (χ2n) is 10.2. The number of ketones is 2. The van der Waals surface area contributed by atoms with Gasteiger partial charge in [-0.05, 0) is 42.5 Å². The number of para-hydroxylation sites is 2. The van der Waals surface area contributed by atoms with Gasteiger partial charge in [-0.3, -0.25) is 29.3 Å². The molecule has 0 saturated carbocycles. The molecule has 10 nitrogen and oxygen atoms in total. The number of Topliss-reactive ketones (excluding diaryl/α,β-unsaturated/α-hetero) is 2. The fourth-order valence-electron chi connectivity index (χ4n) is 5.81. The highest BCUT2D eigenvalue weighted by molar-refractivity contribution is 6.33. The molecule has 3 aromatic carbocycles.